The number of anilines is 4. The van der Waals surface area contributed by atoms with Crippen LogP contribution in [0.5, 0.6) is 5.75 Å². The number of nitrogens with two attached hydrogens (primary N) is 1. The molecule has 28 heavy (non-hydrogen) atoms. The third kappa shape index (κ3) is 4.15. The first-order chi connectivity index (χ1) is 13.7. The largest absolute Gasteiger partial charge is 0.497 e. The molecule has 0 saturated carbocycles. The van der Waals surface area contributed by atoms with Crippen LogP contribution in [0.2, 0.25) is 0 Å². The van der Waals surface area contributed by atoms with Crippen LogP contribution in [0.25, 0.3) is 11.3 Å². The monoisotopic (exact) mass is 377 g/mol. The number of rotatable bonds is 5. The number of nitrogen functional groups attached to an aromatic ring is 1. The van der Waals surface area contributed by atoms with E-state index >= 15 is 0 Å². The summed E-state index contributed by atoms with van der Waals surface area (Å²) in [5.74, 6) is 1.22. The Bertz CT molecular complexity index is 940. The predicted octanol–water partition coefficient (Wildman–Crippen LogP) is 3.31. The highest BCUT2D eigenvalue weighted by molar-refractivity contribution is 5.68. The van der Waals surface area contributed by atoms with E-state index in [1.807, 2.05) is 30.3 Å². The number of hydrogen-bond donors (Lipinski definition) is 2. The van der Waals surface area contributed by atoms with Gasteiger partial charge in [0.25, 0.3) is 0 Å². The molecule has 0 unspecified atom stereocenters. The van der Waals surface area contributed by atoms with Gasteiger partial charge in [-0.2, -0.15) is 0 Å². The second-order valence-corrected chi connectivity index (χ2v) is 6.53. The van der Waals surface area contributed by atoms with Crippen molar-refractivity contribution in [2.24, 2.45) is 0 Å². The van der Waals surface area contributed by atoms with Crippen molar-refractivity contribution in [3.05, 3.63) is 54.7 Å². The van der Waals surface area contributed by atoms with Gasteiger partial charge in [-0.15, -0.1) is 0 Å². The molecule has 4 rings (SSSR count). The first kappa shape index (κ1) is 18.1. The van der Waals surface area contributed by atoms with Gasteiger partial charge in [0.2, 0.25) is 5.95 Å². The van der Waals surface area contributed by atoms with Crippen LogP contribution >= 0.6 is 0 Å². The summed E-state index contributed by atoms with van der Waals surface area (Å²) in [6.07, 6.45) is 1.72. The zero-order valence-corrected chi connectivity index (χ0v) is 15.8. The van der Waals surface area contributed by atoms with E-state index in [2.05, 4.69) is 32.3 Å². The summed E-state index contributed by atoms with van der Waals surface area (Å²) in [6, 6.07) is 15.7. The highest BCUT2D eigenvalue weighted by Crippen LogP contribution is 2.27. The Balaban J connectivity index is 1.51. The molecule has 0 radical (unpaired) electrons. The standard InChI is InChI=1S/C21H23N5O2/c1-27-19-13-15(12-16(22)14-19)20-6-7-23-21(25-20)24-17-2-4-18(5-3-17)26-8-10-28-11-9-26/h2-7,12-14H,8-11,22H2,1H3,(H,23,24,25). The van der Waals surface area contributed by atoms with E-state index in [-0.39, 0.29) is 0 Å². The van der Waals surface area contributed by atoms with Crippen LogP contribution < -0.4 is 20.7 Å². The van der Waals surface area contributed by atoms with Crippen molar-refractivity contribution in [3.63, 3.8) is 0 Å². The van der Waals surface area contributed by atoms with Crippen molar-refractivity contribution in [1.29, 1.82) is 0 Å². The summed E-state index contributed by atoms with van der Waals surface area (Å²) in [4.78, 5) is 11.2. The zero-order chi connectivity index (χ0) is 19.3. The molecular weight excluding hydrogens is 354 g/mol. The van der Waals surface area contributed by atoms with Gasteiger partial charge in [0, 0.05) is 48.0 Å². The topological polar surface area (TPSA) is 85.5 Å². The maximum atomic E-state index is 5.96. The normalized spacial score (nSPS) is 14.0. The Labute approximate surface area is 164 Å². The average molecular weight is 377 g/mol. The lowest BCUT2D eigenvalue weighted by atomic mass is 10.1. The highest BCUT2D eigenvalue weighted by Gasteiger charge is 2.11. The predicted molar refractivity (Wildman–Crippen MR) is 111 cm³/mol. The van der Waals surface area contributed by atoms with E-state index in [0.29, 0.717) is 17.4 Å². The quantitative estimate of drug-likeness (QED) is 0.660. The van der Waals surface area contributed by atoms with Crippen molar-refractivity contribution >= 4 is 23.0 Å². The molecule has 0 amide bonds. The summed E-state index contributed by atoms with van der Waals surface area (Å²) in [7, 11) is 1.62. The fourth-order valence-electron chi connectivity index (χ4n) is 3.17. The lowest BCUT2D eigenvalue weighted by Crippen LogP contribution is -2.36. The number of morpholine rings is 1. The minimum absolute atomic E-state index is 0.526. The molecule has 1 aliphatic heterocycles. The van der Waals surface area contributed by atoms with Crippen LogP contribution in [-0.2, 0) is 4.74 Å². The molecular formula is C21H23N5O2. The molecule has 0 aliphatic carbocycles. The molecule has 1 aliphatic rings. The Kier molecular flexibility index (Phi) is 5.25. The van der Waals surface area contributed by atoms with E-state index in [4.69, 9.17) is 15.2 Å². The maximum Gasteiger partial charge on any atom is 0.227 e. The molecule has 0 bridgehead atoms. The van der Waals surface area contributed by atoms with Gasteiger partial charge >= 0.3 is 0 Å². The van der Waals surface area contributed by atoms with E-state index in [1.165, 1.54) is 5.69 Å². The maximum absolute atomic E-state index is 5.96. The minimum atomic E-state index is 0.526. The van der Waals surface area contributed by atoms with Gasteiger partial charge in [0.15, 0.2) is 0 Å². The van der Waals surface area contributed by atoms with E-state index in [9.17, 15) is 0 Å². The fraction of sp³-hybridized carbons (Fsp3) is 0.238. The Morgan fingerprint density at radius 1 is 1.07 bits per heavy atom. The molecule has 7 nitrogen and oxygen atoms in total. The first-order valence-corrected chi connectivity index (χ1v) is 9.19. The average Bonchev–Trinajstić information content (AvgIpc) is 2.74. The minimum Gasteiger partial charge on any atom is -0.497 e. The van der Waals surface area contributed by atoms with Gasteiger partial charge in [-0.25, -0.2) is 9.97 Å². The van der Waals surface area contributed by atoms with Gasteiger partial charge in [0.05, 0.1) is 26.0 Å². The van der Waals surface area contributed by atoms with Crippen LogP contribution in [0.3, 0.4) is 0 Å². The van der Waals surface area contributed by atoms with Gasteiger partial charge in [-0.3, -0.25) is 0 Å². The SMILES string of the molecule is COc1cc(N)cc(-c2ccnc(Nc3ccc(N4CCOCC4)cc3)n2)c1. The molecule has 0 spiro atoms. The first-order valence-electron chi connectivity index (χ1n) is 9.19. The van der Waals surface area contributed by atoms with Crippen LogP contribution in [0, 0.1) is 0 Å². The van der Waals surface area contributed by atoms with Crippen molar-refractivity contribution in [1.82, 2.24) is 9.97 Å². The molecule has 3 N–H and O–H groups in total. The van der Waals surface area contributed by atoms with Crippen LogP contribution in [0.4, 0.5) is 23.0 Å². The summed E-state index contributed by atoms with van der Waals surface area (Å²) in [5, 5.41) is 3.26. The summed E-state index contributed by atoms with van der Waals surface area (Å²) in [6.45, 7) is 3.38. The summed E-state index contributed by atoms with van der Waals surface area (Å²) < 4.78 is 10.7. The fourth-order valence-corrected chi connectivity index (χ4v) is 3.17. The molecule has 1 fully saturated rings. The van der Waals surface area contributed by atoms with Crippen molar-refractivity contribution < 1.29 is 9.47 Å². The van der Waals surface area contributed by atoms with Gasteiger partial charge in [-0.05, 0) is 42.5 Å². The molecule has 7 heteroatoms. The molecule has 144 valence electrons. The summed E-state index contributed by atoms with van der Waals surface area (Å²) >= 11 is 0. The van der Waals surface area contributed by atoms with Gasteiger partial charge in [0.1, 0.15) is 5.75 Å². The van der Waals surface area contributed by atoms with Crippen LogP contribution in [0.1, 0.15) is 0 Å². The lowest BCUT2D eigenvalue weighted by molar-refractivity contribution is 0.122. The number of nitrogens with zero attached hydrogens (tertiary/aromatic N) is 3. The van der Waals surface area contributed by atoms with E-state index in [0.717, 1.165) is 43.2 Å². The highest BCUT2D eigenvalue weighted by atomic mass is 16.5. The second kappa shape index (κ2) is 8.14. The Hall–Kier alpha value is -3.32. The third-order valence-corrected chi connectivity index (χ3v) is 4.62. The second-order valence-electron chi connectivity index (χ2n) is 6.53. The van der Waals surface area contributed by atoms with Crippen molar-refractivity contribution in [2.45, 2.75) is 0 Å². The molecule has 2 heterocycles. The molecule has 0 atom stereocenters. The van der Waals surface area contributed by atoms with Gasteiger partial charge < -0.3 is 25.4 Å². The number of aromatic nitrogens is 2. The van der Waals surface area contributed by atoms with Crippen LogP contribution in [0.15, 0.2) is 54.7 Å². The Morgan fingerprint density at radius 3 is 2.61 bits per heavy atom. The van der Waals surface area contributed by atoms with E-state index < -0.39 is 0 Å². The van der Waals surface area contributed by atoms with Crippen LogP contribution in [-0.4, -0.2) is 43.4 Å². The third-order valence-electron chi connectivity index (χ3n) is 4.62. The number of nitrogens with one attached hydrogen (secondary N) is 1. The number of ether oxygens (including phenoxy) is 2. The van der Waals surface area contributed by atoms with Gasteiger partial charge in [-0.1, -0.05) is 0 Å². The van der Waals surface area contributed by atoms with Crippen molar-refractivity contribution in [2.75, 3.05) is 49.4 Å². The number of benzene rings is 2. The lowest BCUT2D eigenvalue weighted by Gasteiger charge is -2.28. The molecule has 3 aromatic rings. The molecule has 1 aromatic heterocycles. The zero-order valence-electron chi connectivity index (χ0n) is 15.8. The van der Waals surface area contributed by atoms with Crippen molar-refractivity contribution in [3.8, 4) is 17.0 Å². The molecule has 1 saturated heterocycles. The number of hydrogen-bond acceptors (Lipinski definition) is 7. The molecule has 2 aromatic carbocycles. The Morgan fingerprint density at radius 2 is 1.86 bits per heavy atom. The number of methoxy groups -OCH3 is 1. The summed E-state index contributed by atoms with van der Waals surface area (Å²) in [5.41, 5.74) is 10.4. The van der Waals surface area contributed by atoms with E-state index in [1.54, 1.807) is 19.4 Å². The smallest absolute Gasteiger partial charge is 0.227 e.